The summed E-state index contributed by atoms with van der Waals surface area (Å²) in [6.45, 7) is 4.66. The van der Waals surface area contributed by atoms with Gasteiger partial charge in [-0.3, -0.25) is 4.79 Å². The number of aliphatic hydroxyl groups excluding tert-OH is 1. The Morgan fingerprint density at radius 2 is 1.71 bits per heavy atom. The van der Waals surface area contributed by atoms with Crippen LogP contribution in [0, 0.1) is 49.9 Å². The minimum Gasteiger partial charge on any atom is -0.496 e. The van der Waals surface area contributed by atoms with Gasteiger partial charge in [0.25, 0.3) is 0 Å². The van der Waals surface area contributed by atoms with E-state index < -0.39 is 0 Å². The van der Waals surface area contributed by atoms with E-state index in [9.17, 15) is 4.79 Å². The molecule has 0 unspecified atom stereocenters. The van der Waals surface area contributed by atoms with Crippen LogP contribution in [0.2, 0.25) is 0 Å². The quantitative estimate of drug-likeness (QED) is 0.311. The molecule has 0 atom stereocenters. The van der Waals surface area contributed by atoms with Crippen molar-refractivity contribution in [1.82, 2.24) is 0 Å². The molecular weight excluding hydrogens is 664 g/mol. The molecule has 0 spiro atoms. The van der Waals surface area contributed by atoms with Crippen molar-refractivity contribution in [2.75, 3.05) is 26.1 Å². The summed E-state index contributed by atoms with van der Waals surface area (Å²) in [6.07, 6.45) is 10.5. The van der Waals surface area contributed by atoms with Crippen LogP contribution in [-0.2, 0) is 11.2 Å². The number of nitrogens with one attached hydrogen (secondary N) is 1. The topological polar surface area (TPSA) is 67.8 Å². The first-order chi connectivity index (χ1) is 16.6. The van der Waals surface area contributed by atoms with Crippen LogP contribution in [0.3, 0.4) is 0 Å². The fourth-order valence-electron chi connectivity index (χ4n) is 4.87. The van der Waals surface area contributed by atoms with E-state index in [1.54, 1.807) is 7.11 Å². The SMILES string of the molecule is CCOc1cc(-c2ccc(NC(=O)C3CCCCC3)cc2CCC2CC2)cc(OC)c1C.CO.[U]. The maximum Gasteiger partial charge on any atom is 0.227 e. The number of aryl methyl sites for hydroxylation is 1. The molecule has 2 saturated carbocycles. The Balaban J connectivity index is 0.00000140. The second-order valence-electron chi connectivity index (χ2n) is 9.41. The Morgan fingerprint density at radius 3 is 2.34 bits per heavy atom. The number of amides is 1. The first kappa shape index (κ1) is 29.8. The van der Waals surface area contributed by atoms with Crippen LogP contribution in [-0.4, -0.2) is 31.8 Å². The molecule has 6 heteroatoms. The number of hydrogen-bond acceptors (Lipinski definition) is 4. The minimum absolute atomic E-state index is 0. The molecule has 2 aliphatic rings. The number of aliphatic hydroxyl groups is 1. The molecule has 2 aliphatic carbocycles. The first-order valence-electron chi connectivity index (χ1n) is 12.8. The second kappa shape index (κ2) is 14.9. The maximum atomic E-state index is 12.8. The van der Waals surface area contributed by atoms with E-state index in [0.29, 0.717) is 6.61 Å². The summed E-state index contributed by atoms with van der Waals surface area (Å²) in [4.78, 5) is 12.8. The average Bonchev–Trinajstić information content (AvgIpc) is 3.71. The zero-order valence-corrected chi connectivity index (χ0v) is 25.9. The third-order valence-corrected chi connectivity index (χ3v) is 7.01. The van der Waals surface area contributed by atoms with Gasteiger partial charge in [-0.2, -0.15) is 0 Å². The van der Waals surface area contributed by atoms with Crippen molar-refractivity contribution in [3.8, 4) is 22.6 Å². The van der Waals surface area contributed by atoms with Gasteiger partial charge in [-0.05, 0) is 86.4 Å². The Bertz CT molecular complexity index is 952. The Morgan fingerprint density at radius 1 is 1.03 bits per heavy atom. The van der Waals surface area contributed by atoms with Gasteiger partial charge < -0.3 is 19.9 Å². The number of benzene rings is 2. The minimum atomic E-state index is 0. The van der Waals surface area contributed by atoms with Crippen LogP contribution in [0.1, 0.15) is 69.4 Å². The third-order valence-electron chi connectivity index (χ3n) is 7.01. The molecule has 0 heterocycles. The van der Waals surface area contributed by atoms with Gasteiger partial charge in [0.1, 0.15) is 11.5 Å². The number of rotatable bonds is 9. The van der Waals surface area contributed by atoms with Crippen molar-refractivity contribution in [2.24, 2.45) is 11.8 Å². The largest absolute Gasteiger partial charge is 0.496 e. The standard InChI is InChI=1S/C28H37NO3.CH4O.U/c1-4-32-27-18-23(17-26(31-3)19(27)2)25-15-14-24(16-22(25)13-12-20-10-11-20)29-28(30)21-8-6-5-7-9-21;1-2;/h14-18,20-21H,4-13H2,1-3H3,(H,29,30);2H,1H3;. The third kappa shape index (κ3) is 8.27. The van der Waals surface area contributed by atoms with Gasteiger partial charge >= 0.3 is 0 Å². The number of carbonyl (C=O) groups excluding carboxylic acids is 1. The number of anilines is 1. The van der Waals surface area contributed by atoms with E-state index in [-0.39, 0.29) is 42.9 Å². The van der Waals surface area contributed by atoms with E-state index in [0.717, 1.165) is 60.6 Å². The summed E-state index contributed by atoms with van der Waals surface area (Å²) in [5.74, 6) is 2.91. The fraction of sp³-hybridized carbons (Fsp3) is 0.552. The number of carbonyl (C=O) groups is 1. The van der Waals surface area contributed by atoms with Crippen LogP contribution >= 0.6 is 0 Å². The molecule has 2 aromatic rings. The van der Waals surface area contributed by atoms with Crippen molar-refractivity contribution >= 4 is 11.6 Å². The summed E-state index contributed by atoms with van der Waals surface area (Å²) in [6, 6.07) is 10.6. The van der Waals surface area contributed by atoms with Crippen molar-refractivity contribution in [3.63, 3.8) is 0 Å². The molecule has 0 bridgehead atoms. The van der Waals surface area contributed by atoms with E-state index in [4.69, 9.17) is 14.6 Å². The molecule has 5 nitrogen and oxygen atoms in total. The fourth-order valence-corrected chi connectivity index (χ4v) is 4.87. The Labute approximate surface area is 234 Å². The monoisotopic (exact) mass is 705 g/mol. The van der Waals surface area contributed by atoms with Crippen LogP contribution in [0.4, 0.5) is 5.69 Å². The van der Waals surface area contributed by atoms with Crippen LogP contribution in [0.25, 0.3) is 11.1 Å². The summed E-state index contributed by atoms with van der Waals surface area (Å²) in [7, 11) is 2.71. The summed E-state index contributed by atoms with van der Waals surface area (Å²) in [5.41, 5.74) is 5.52. The van der Waals surface area contributed by atoms with Gasteiger partial charge in [0.05, 0.1) is 13.7 Å². The molecular formula is C29H41NO4U. The van der Waals surface area contributed by atoms with Crippen molar-refractivity contribution in [1.29, 1.82) is 0 Å². The van der Waals surface area contributed by atoms with Crippen molar-refractivity contribution in [2.45, 2.75) is 71.6 Å². The molecule has 0 saturated heterocycles. The van der Waals surface area contributed by atoms with E-state index in [1.807, 2.05) is 19.9 Å². The summed E-state index contributed by atoms with van der Waals surface area (Å²) in [5, 5.41) is 10.2. The van der Waals surface area contributed by atoms with Crippen LogP contribution in [0.15, 0.2) is 30.3 Å². The van der Waals surface area contributed by atoms with Gasteiger partial charge in [-0.1, -0.05) is 38.2 Å². The van der Waals surface area contributed by atoms with E-state index >= 15 is 0 Å². The average molecular weight is 706 g/mol. The molecule has 1 amide bonds. The second-order valence-corrected chi connectivity index (χ2v) is 9.41. The van der Waals surface area contributed by atoms with E-state index in [1.165, 1.54) is 49.7 Å². The zero-order chi connectivity index (χ0) is 24.5. The Kier molecular flexibility index (Phi) is 12.7. The predicted molar refractivity (Wildman–Crippen MR) is 139 cm³/mol. The molecule has 0 aliphatic heterocycles. The van der Waals surface area contributed by atoms with Gasteiger partial charge in [0, 0.05) is 55.4 Å². The first-order valence-corrected chi connectivity index (χ1v) is 12.8. The predicted octanol–water partition coefficient (Wildman–Crippen LogP) is 6.54. The molecule has 35 heavy (non-hydrogen) atoms. The van der Waals surface area contributed by atoms with Crippen LogP contribution in [0.5, 0.6) is 11.5 Å². The molecule has 0 aromatic heterocycles. The maximum absolute atomic E-state index is 12.8. The van der Waals surface area contributed by atoms with Crippen LogP contribution < -0.4 is 14.8 Å². The van der Waals surface area contributed by atoms with Gasteiger partial charge in [0.15, 0.2) is 0 Å². The smallest absolute Gasteiger partial charge is 0.227 e. The normalized spacial score (nSPS) is 15.3. The summed E-state index contributed by atoms with van der Waals surface area (Å²) >= 11 is 0. The molecule has 2 fully saturated rings. The summed E-state index contributed by atoms with van der Waals surface area (Å²) < 4.78 is 11.5. The zero-order valence-electron chi connectivity index (χ0n) is 21.8. The molecule has 0 radical (unpaired) electrons. The van der Waals surface area contributed by atoms with Gasteiger partial charge in [0.2, 0.25) is 5.91 Å². The molecule has 4 rings (SSSR count). The van der Waals surface area contributed by atoms with Crippen molar-refractivity contribution in [3.05, 3.63) is 41.5 Å². The molecule has 2 aromatic carbocycles. The number of methoxy groups -OCH3 is 1. The van der Waals surface area contributed by atoms with E-state index in [2.05, 4.69) is 29.6 Å². The van der Waals surface area contributed by atoms with Crippen molar-refractivity contribution < 1.29 is 50.5 Å². The molecule has 190 valence electrons. The number of hydrogen-bond donors (Lipinski definition) is 2. The van der Waals surface area contributed by atoms with Gasteiger partial charge in [-0.15, -0.1) is 0 Å². The Hall–Kier alpha value is -1.48. The van der Waals surface area contributed by atoms with Gasteiger partial charge in [-0.25, -0.2) is 0 Å². The molecule has 2 N–H and O–H groups in total. The number of ether oxygens (including phenoxy) is 2.